The number of hydrazine groups is 1. The van der Waals surface area contributed by atoms with Crippen molar-refractivity contribution in [1.82, 2.24) is 25.1 Å². The number of hydrogen-bond acceptors (Lipinski definition) is 6. The Morgan fingerprint density at radius 2 is 1.73 bits per heavy atom. The molecule has 11 heteroatoms. The van der Waals surface area contributed by atoms with E-state index in [1.54, 1.807) is 34.9 Å². The van der Waals surface area contributed by atoms with Crippen molar-refractivity contribution in [1.29, 1.82) is 0 Å². The first-order valence-corrected chi connectivity index (χ1v) is 15.7. The number of hydrogen-bond donors (Lipinski definition) is 1. The van der Waals surface area contributed by atoms with Crippen LogP contribution in [0.1, 0.15) is 67.3 Å². The van der Waals surface area contributed by atoms with Crippen molar-refractivity contribution < 1.29 is 19.1 Å². The molecule has 1 saturated carbocycles. The van der Waals surface area contributed by atoms with Gasteiger partial charge in [-0.05, 0) is 93.0 Å². The molecule has 0 bridgehead atoms. The normalized spacial score (nSPS) is 20.9. The Morgan fingerprint density at radius 3 is 2.36 bits per heavy atom. The van der Waals surface area contributed by atoms with Gasteiger partial charge in [-0.25, -0.2) is 14.5 Å². The topological polar surface area (TPSA) is 88.9 Å². The van der Waals surface area contributed by atoms with E-state index in [9.17, 15) is 9.59 Å². The molecule has 0 radical (unpaired) electrons. The zero-order valence-electron chi connectivity index (χ0n) is 25.4. The Morgan fingerprint density at radius 1 is 1.02 bits per heavy atom. The minimum absolute atomic E-state index is 0.142. The van der Waals surface area contributed by atoms with E-state index in [1.807, 2.05) is 56.1 Å². The summed E-state index contributed by atoms with van der Waals surface area (Å²) in [5.41, 5.74) is 6.22. The maximum absolute atomic E-state index is 14.0. The van der Waals surface area contributed by atoms with Gasteiger partial charge in [0.1, 0.15) is 11.4 Å². The van der Waals surface area contributed by atoms with Crippen molar-refractivity contribution in [2.24, 2.45) is 11.8 Å². The van der Waals surface area contributed by atoms with Crippen molar-refractivity contribution >= 4 is 46.9 Å². The molecular formula is C33H37Cl2N5O4. The molecule has 44 heavy (non-hydrogen) atoms. The van der Waals surface area contributed by atoms with Gasteiger partial charge in [0.15, 0.2) is 5.69 Å². The first-order valence-electron chi connectivity index (χ1n) is 14.9. The number of aromatic nitrogens is 2. The Bertz CT molecular complexity index is 1600. The van der Waals surface area contributed by atoms with Gasteiger partial charge in [-0.2, -0.15) is 5.10 Å². The molecule has 2 fully saturated rings. The van der Waals surface area contributed by atoms with Gasteiger partial charge < -0.3 is 9.47 Å². The first-order chi connectivity index (χ1) is 21.0. The van der Waals surface area contributed by atoms with Crippen molar-refractivity contribution in [3.63, 3.8) is 0 Å². The maximum Gasteiger partial charge on any atom is 0.410 e. The number of carbonyl (C=O) groups is 2. The fourth-order valence-corrected chi connectivity index (χ4v) is 6.95. The molecular weight excluding hydrogens is 601 g/mol. The molecule has 1 aliphatic carbocycles. The molecule has 2 aromatic carbocycles. The highest BCUT2D eigenvalue weighted by molar-refractivity contribution is 6.35. The summed E-state index contributed by atoms with van der Waals surface area (Å²) in [5, 5.41) is 7.76. The molecule has 2 unspecified atom stereocenters. The van der Waals surface area contributed by atoms with E-state index in [0.29, 0.717) is 38.8 Å². The number of amides is 2. The van der Waals surface area contributed by atoms with Gasteiger partial charge in [-0.3, -0.25) is 15.1 Å². The molecule has 0 spiro atoms. The molecule has 3 aromatic rings. The van der Waals surface area contributed by atoms with Crippen LogP contribution >= 0.6 is 23.2 Å². The first kappa shape index (κ1) is 30.5. The summed E-state index contributed by atoms with van der Waals surface area (Å²) in [6.07, 6.45) is 5.15. The molecule has 9 nitrogen and oxygen atoms in total. The van der Waals surface area contributed by atoms with Crippen LogP contribution in [0.25, 0.3) is 17.3 Å². The van der Waals surface area contributed by atoms with Crippen LogP contribution < -0.4 is 10.2 Å². The standard InChI is InChI=1S/C33H37Cl2N5O4/c1-33(2,3)44-32(42)38-16-23(14-20-8-11-25(43-4)12-9-20)30-26(19-38)29(36-40(30)28-13-10-24(34)15-27(28)35)31(41)37-39-17-21-6-5-7-22(21)18-39/h8-15,21-22H,5-7,16-19H2,1-4H3,(H,37,41). The van der Waals surface area contributed by atoms with Crippen LogP contribution in [0.2, 0.25) is 10.0 Å². The van der Waals surface area contributed by atoms with Gasteiger partial charge in [-0.1, -0.05) is 41.8 Å². The number of ether oxygens (including phenoxy) is 2. The Labute approximate surface area is 267 Å². The molecule has 3 aliphatic rings. The number of benzene rings is 2. The highest BCUT2D eigenvalue weighted by atomic mass is 35.5. The SMILES string of the molecule is COc1ccc(C=C2CN(C(=O)OC(C)(C)C)Cc3c(C(=O)NN4CC5CCCC5C4)nn(-c4ccc(Cl)cc4Cl)c32)cc1. The predicted octanol–water partition coefficient (Wildman–Crippen LogP) is 6.86. The quantitative estimate of drug-likeness (QED) is 0.329. The minimum Gasteiger partial charge on any atom is -0.497 e. The second-order valence-corrected chi connectivity index (χ2v) is 13.6. The van der Waals surface area contributed by atoms with E-state index in [2.05, 4.69) is 5.43 Å². The molecule has 2 atom stereocenters. The highest BCUT2D eigenvalue weighted by Gasteiger charge is 2.39. The summed E-state index contributed by atoms with van der Waals surface area (Å²) < 4.78 is 12.8. The third kappa shape index (κ3) is 6.32. The van der Waals surface area contributed by atoms with Gasteiger partial charge in [0, 0.05) is 23.7 Å². The second-order valence-electron chi connectivity index (χ2n) is 12.8. The van der Waals surface area contributed by atoms with Crippen molar-refractivity contribution in [2.75, 3.05) is 26.7 Å². The van der Waals surface area contributed by atoms with E-state index >= 15 is 0 Å². The van der Waals surface area contributed by atoms with Gasteiger partial charge in [0.2, 0.25) is 0 Å². The summed E-state index contributed by atoms with van der Waals surface area (Å²) in [5.74, 6) is 1.63. The van der Waals surface area contributed by atoms with Crippen LogP contribution in [0.4, 0.5) is 4.79 Å². The summed E-state index contributed by atoms with van der Waals surface area (Å²) in [4.78, 5) is 29.0. The van der Waals surface area contributed by atoms with E-state index in [-0.39, 0.29) is 24.7 Å². The van der Waals surface area contributed by atoms with Gasteiger partial charge in [-0.15, -0.1) is 0 Å². The number of rotatable bonds is 5. The molecule has 1 N–H and O–H groups in total. The molecule has 2 aliphatic heterocycles. The summed E-state index contributed by atoms with van der Waals surface area (Å²) in [7, 11) is 1.62. The average Bonchev–Trinajstić information content (AvgIpc) is 3.66. The van der Waals surface area contributed by atoms with E-state index in [4.69, 9.17) is 37.8 Å². The van der Waals surface area contributed by atoms with Crippen LogP contribution in [0.3, 0.4) is 0 Å². The van der Waals surface area contributed by atoms with Crippen LogP contribution in [0, 0.1) is 11.8 Å². The van der Waals surface area contributed by atoms with E-state index < -0.39 is 11.7 Å². The zero-order valence-corrected chi connectivity index (χ0v) is 26.9. The Hall–Kier alpha value is -3.53. The monoisotopic (exact) mass is 637 g/mol. The summed E-state index contributed by atoms with van der Waals surface area (Å²) >= 11 is 13.0. The number of methoxy groups -OCH3 is 1. The number of fused-ring (bicyclic) bond motifs is 2. The van der Waals surface area contributed by atoms with Crippen LogP contribution in [-0.4, -0.2) is 64.0 Å². The number of halogens is 2. The third-order valence-electron chi connectivity index (χ3n) is 8.45. The van der Waals surface area contributed by atoms with Gasteiger partial charge in [0.25, 0.3) is 5.91 Å². The number of nitrogens with zero attached hydrogens (tertiary/aromatic N) is 4. The minimum atomic E-state index is -0.688. The van der Waals surface area contributed by atoms with Crippen molar-refractivity contribution in [3.05, 3.63) is 75.0 Å². The predicted molar refractivity (Wildman–Crippen MR) is 171 cm³/mol. The lowest BCUT2D eigenvalue weighted by Gasteiger charge is -2.32. The van der Waals surface area contributed by atoms with Crippen LogP contribution in [-0.2, 0) is 11.3 Å². The zero-order chi connectivity index (χ0) is 31.2. The lowest BCUT2D eigenvalue weighted by atomic mass is 9.97. The van der Waals surface area contributed by atoms with Crippen molar-refractivity contribution in [3.8, 4) is 11.4 Å². The average molecular weight is 639 g/mol. The Kier molecular flexibility index (Phi) is 8.39. The molecule has 232 valence electrons. The van der Waals surface area contributed by atoms with E-state index in [0.717, 1.165) is 30.0 Å². The largest absolute Gasteiger partial charge is 0.497 e. The number of nitrogens with one attached hydrogen (secondary N) is 1. The third-order valence-corrected chi connectivity index (χ3v) is 8.98. The molecule has 6 rings (SSSR count). The van der Waals surface area contributed by atoms with Gasteiger partial charge >= 0.3 is 6.09 Å². The fraction of sp³-hybridized carbons (Fsp3) is 0.424. The molecule has 1 saturated heterocycles. The fourth-order valence-electron chi connectivity index (χ4n) is 6.46. The smallest absolute Gasteiger partial charge is 0.410 e. The highest BCUT2D eigenvalue weighted by Crippen LogP contribution is 2.38. The Balaban J connectivity index is 1.46. The molecule has 2 amide bonds. The summed E-state index contributed by atoms with van der Waals surface area (Å²) in [6, 6.07) is 12.8. The van der Waals surface area contributed by atoms with E-state index in [1.165, 1.54) is 19.3 Å². The van der Waals surface area contributed by atoms with Crippen LogP contribution in [0.5, 0.6) is 5.75 Å². The lowest BCUT2D eigenvalue weighted by Crippen LogP contribution is -2.43. The van der Waals surface area contributed by atoms with Gasteiger partial charge in [0.05, 0.1) is 36.6 Å². The van der Waals surface area contributed by atoms with Crippen LogP contribution in [0.15, 0.2) is 42.5 Å². The molecule has 1 aromatic heterocycles. The molecule has 3 heterocycles. The van der Waals surface area contributed by atoms with Crippen molar-refractivity contribution in [2.45, 2.75) is 52.2 Å². The number of carbonyl (C=O) groups excluding carboxylic acids is 2. The maximum atomic E-state index is 14.0. The summed E-state index contributed by atoms with van der Waals surface area (Å²) in [6.45, 7) is 7.53. The lowest BCUT2D eigenvalue weighted by molar-refractivity contribution is 0.0253. The second kappa shape index (κ2) is 12.1.